The first-order valence-corrected chi connectivity index (χ1v) is 13.1. The van der Waals surface area contributed by atoms with Crippen LogP contribution in [0.1, 0.15) is 54.6 Å². The van der Waals surface area contributed by atoms with Crippen molar-refractivity contribution in [2.45, 2.75) is 39.5 Å². The van der Waals surface area contributed by atoms with E-state index < -0.39 is 11.9 Å². The van der Waals surface area contributed by atoms with E-state index in [9.17, 15) is 9.59 Å². The summed E-state index contributed by atoms with van der Waals surface area (Å²) in [6.45, 7) is 4.62. The lowest BCUT2D eigenvalue weighted by atomic mass is 10.1. The highest BCUT2D eigenvalue weighted by molar-refractivity contribution is 9.10. The van der Waals surface area contributed by atoms with Crippen LogP contribution in [-0.2, 0) is 11.2 Å². The van der Waals surface area contributed by atoms with E-state index in [-0.39, 0.29) is 6.61 Å². The Hall–Kier alpha value is -3.65. The lowest BCUT2D eigenvalue weighted by Crippen LogP contribution is -2.24. The number of hydrogen-bond donors (Lipinski definition) is 1. The SMILES string of the molecule is CCCCc1ccc(OCC(=O)N/N=C\c2cc(Br)ccc2OC(=O)c2ccc(OCCC)cc2)cc1. The van der Waals surface area contributed by atoms with E-state index in [1.54, 1.807) is 42.5 Å². The van der Waals surface area contributed by atoms with Crippen molar-refractivity contribution >= 4 is 34.0 Å². The number of benzene rings is 3. The molecule has 0 saturated carbocycles. The molecule has 0 aliphatic heterocycles. The highest BCUT2D eigenvalue weighted by Gasteiger charge is 2.12. The van der Waals surface area contributed by atoms with Crippen molar-refractivity contribution in [2.24, 2.45) is 5.10 Å². The first-order valence-electron chi connectivity index (χ1n) is 12.3. The Balaban J connectivity index is 1.54. The molecule has 37 heavy (non-hydrogen) atoms. The molecule has 194 valence electrons. The predicted octanol–water partition coefficient (Wildman–Crippen LogP) is 6.33. The Morgan fingerprint density at radius 2 is 1.62 bits per heavy atom. The van der Waals surface area contributed by atoms with Gasteiger partial charge in [0.25, 0.3) is 5.91 Å². The van der Waals surface area contributed by atoms with Crippen LogP contribution in [0.4, 0.5) is 0 Å². The molecule has 7 nitrogen and oxygen atoms in total. The summed E-state index contributed by atoms with van der Waals surface area (Å²) in [6.07, 6.45) is 5.62. The molecule has 0 aromatic heterocycles. The van der Waals surface area contributed by atoms with Crippen LogP contribution in [0.15, 0.2) is 76.3 Å². The van der Waals surface area contributed by atoms with E-state index in [0.717, 1.165) is 30.2 Å². The molecule has 0 radical (unpaired) electrons. The number of unbranched alkanes of at least 4 members (excludes halogenated alkanes) is 1. The Morgan fingerprint density at radius 3 is 2.32 bits per heavy atom. The number of hydrogen-bond acceptors (Lipinski definition) is 6. The fraction of sp³-hybridized carbons (Fsp3) is 0.276. The van der Waals surface area contributed by atoms with Gasteiger partial charge in [-0.2, -0.15) is 5.10 Å². The summed E-state index contributed by atoms with van der Waals surface area (Å²) in [5.41, 5.74) is 4.57. The summed E-state index contributed by atoms with van der Waals surface area (Å²) in [4.78, 5) is 24.8. The van der Waals surface area contributed by atoms with E-state index >= 15 is 0 Å². The van der Waals surface area contributed by atoms with Crippen LogP contribution < -0.4 is 19.6 Å². The number of amides is 1. The third kappa shape index (κ3) is 9.38. The first kappa shape index (κ1) is 27.9. The monoisotopic (exact) mass is 566 g/mol. The fourth-order valence-electron chi connectivity index (χ4n) is 3.27. The molecular weight excluding hydrogens is 536 g/mol. The van der Waals surface area contributed by atoms with Gasteiger partial charge in [-0.25, -0.2) is 10.2 Å². The number of aryl methyl sites for hydroxylation is 1. The van der Waals surface area contributed by atoms with Gasteiger partial charge in [0.2, 0.25) is 0 Å². The molecule has 3 rings (SSSR count). The third-order valence-corrected chi connectivity index (χ3v) is 5.74. The number of nitrogens with one attached hydrogen (secondary N) is 1. The summed E-state index contributed by atoms with van der Waals surface area (Å²) >= 11 is 3.40. The zero-order valence-corrected chi connectivity index (χ0v) is 22.6. The average molecular weight is 567 g/mol. The molecule has 0 spiro atoms. The number of halogens is 1. The van der Waals surface area contributed by atoms with Gasteiger partial charge in [-0.1, -0.05) is 48.3 Å². The van der Waals surface area contributed by atoms with Gasteiger partial charge in [0, 0.05) is 10.0 Å². The van der Waals surface area contributed by atoms with Gasteiger partial charge in [-0.3, -0.25) is 4.79 Å². The van der Waals surface area contributed by atoms with E-state index in [1.807, 2.05) is 31.2 Å². The highest BCUT2D eigenvalue weighted by atomic mass is 79.9. The maximum absolute atomic E-state index is 12.6. The van der Waals surface area contributed by atoms with Gasteiger partial charge in [-0.05, 0) is 79.4 Å². The zero-order chi connectivity index (χ0) is 26.5. The van der Waals surface area contributed by atoms with E-state index in [4.69, 9.17) is 14.2 Å². The summed E-state index contributed by atoms with van der Waals surface area (Å²) in [5.74, 6) is 0.684. The molecular formula is C29H31BrN2O5. The molecule has 8 heteroatoms. The van der Waals surface area contributed by atoms with E-state index in [0.29, 0.717) is 35.0 Å². The zero-order valence-electron chi connectivity index (χ0n) is 21.0. The molecule has 3 aromatic rings. The Labute approximate surface area is 226 Å². The molecule has 0 fully saturated rings. The Kier molecular flexibility index (Phi) is 11.2. The van der Waals surface area contributed by atoms with Crippen molar-refractivity contribution < 1.29 is 23.8 Å². The number of carbonyl (C=O) groups is 2. The minimum Gasteiger partial charge on any atom is -0.494 e. The van der Waals surface area contributed by atoms with Crippen molar-refractivity contribution in [3.05, 3.63) is 87.9 Å². The molecule has 0 bridgehead atoms. The second-order valence-electron chi connectivity index (χ2n) is 8.27. The van der Waals surface area contributed by atoms with E-state index in [1.165, 1.54) is 11.8 Å². The standard InChI is InChI=1S/C29H31BrN2O5/c1-3-5-6-21-7-12-26(13-8-21)36-20-28(33)32-31-19-23-18-24(30)11-16-27(23)37-29(34)22-9-14-25(15-10-22)35-17-4-2/h7-16,18-19H,3-6,17,20H2,1-2H3,(H,32,33)/b31-19-. The smallest absolute Gasteiger partial charge is 0.343 e. The van der Waals surface area contributed by atoms with Crippen molar-refractivity contribution in [1.82, 2.24) is 5.43 Å². The van der Waals surface area contributed by atoms with Crippen molar-refractivity contribution in [1.29, 1.82) is 0 Å². The molecule has 0 heterocycles. The van der Waals surface area contributed by atoms with Gasteiger partial charge in [0.15, 0.2) is 6.61 Å². The summed E-state index contributed by atoms with van der Waals surface area (Å²) in [7, 11) is 0. The molecule has 0 atom stereocenters. The molecule has 0 saturated heterocycles. The lowest BCUT2D eigenvalue weighted by Gasteiger charge is -2.09. The van der Waals surface area contributed by atoms with Crippen LogP contribution in [0.25, 0.3) is 0 Å². The minimum absolute atomic E-state index is 0.177. The fourth-order valence-corrected chi connectivity index (χ4v) is 3.65. The van der Waals surface area contributed by atoms with Crippen LogP contribution in [0.2, 0.25) is 0 Å². The van der Waals surface area contributed by atoms with Gasteiger partial charge >= 0.3 is 5.97 Å². The maximum atomic E-state index is 12.6. The van der Waals surface area contributed by atoms with Crippen molar-refractivity contribution in [2.75, 3.05) is 13.2 Å². The number of carbonyl (C=O) groups excluding carboxylic acids is 2. The molecule has 0 aliphatic carbocycles. The Morgan fingerprint density at radius 1 is 0.919 bits per heavy atom. The molecule has 0 aliphatic rings. The van der Waals surface area contributed by atoms with Crippen LogP contribution in [0.5, 0.6) is 17.2 Å². The summed E-state index contributed by atoms with van der Waals surface area (Å²) < 4.78 is 17.4. The average Bonchev–Trinajstić information content (AvgIpc) is 2.91. The number of esters is 1. The number of rotatable bonds is 13. The second kappa shape index (κ2) is 14.8. The molecule has 3 aromatic carbocycles. The number of hydrazone groups is 1. The minimum atomic E-state index is -0.517. The van der Waals surface area contributed by atoms with Gasteiger partial charge in [0.05, 0.1) is 18.4 Å². The van der Waals surface area contributed by atoms with Crippen LogP contribution in [-0.4, -0.2) is 31.3 Å². The van der Waals surface area contributed by atoms with Gasteiger partial charge < -0.3 is 14.2 Å². The number of ether oxygens (including phenoxy) is 3. The van der Waals surface area contributed by atoms with Gasteiger partial charge in [0.1, 0.15) is 17.2 Å². The maximum Gasteiger partial charge on any atom is 0.343 e. The normalized spacial score (nSPS) is 10.8. The molecule has 1 amide bonds. The third-order valence-electron chi connectivity index (χ3n) is 5.24. The van der Waals surface area contributed by atoms with E-state index in [2.05, 4.69) is 33.4 Å². The van der Waals surface area contributed by atoms with Crippen molar-refractivity contribution in [3.8, 4) is 17.2 Å². The topological polar surface area (TPSA) is 86.2 Å². The summed E-state index contributed by atoms with van der Waals surface area (Å²) in [6, 6.07) is 19.6. The lowest BCUT2D eigenvalue weighted by molar-refractivity contribution is -0.123. The van der Waals surface area contributed by atoms with Crippen LogP contribution in [0, 0.1) is 0 Å². The van der Waals surface area contributed by atoms with Crippen LogP contribution >= 0.6 is 15.9 Å². The Bertz CT molecular complexity index is 1190. The first-order chi connectivity index (χ1) is 18.0. The van der Waals surface area contributed by atoms with Crippen LogP contribution in [0.3, 0.4) is 0 Å². The second-order valence-corrected chi connectivity index (χ2v) is 9.19. The van der Waals surface area contributed by atoms with Crippen molar-refractivity contribution in [3.63, 3.8) is 0 Å². The molecule has 0 unspecified atom stereocenters. The highest BCUT2D eigenvalue weighted by Crippen LogP contribution is 2.23. The number of nitrogens with zero attached hydrogens (tertiary/aromatic N) is 1. The largest absolute Gasteiger partial charge is 0.494 e. The predicted molar refractivity (Wildman–Crippen MR) is 148 cm³/mol. The summed E-state index contributed by atoms with van der Waals surface area (Å²) in [5, 5.41) is 3.99. The molecule has 1 N–H and O–H groups in total. The quantitative estimate of drug-likeness (QED) is 0.113. The van der Waals surface area contributed by atoms with Gasteiger partial charge in [-0.15, -0.1) is 0 Å².